The van der Waals surface area contributed by atoms with Crippen molar-refractivity contribution >= 4 is 11.6 Å². The predicted octanol–water partition coefficient (Wildman–Crippen LogP) is 2.31. The lowest BCUT2D eigenvalue weighted by Gasteiger charge is -1.99. The van der Waals surface area contributed by atoms with E-state index in [0.29, 0.717) is 5.88 Å². The highest BCUT2D eigenvalue weighted by atomic mass is 35.5. The molecule has 0 saturated carbocycles. The van der Waals surface area contributed by atoms with Crippen LogP contribution in [0.2, 0.25) is 0 Å². The molecule has 0 aromatic heterocycles. The lowest BCUT2D eigenvalue weighted by atomic mass is 10.1. The molecule has 0 saturated heterocycles. The van der Waals surface area contributed by atoms with Gasteiger partial charge in [0.2, 0.25) is 0 Å². The van der Waals surface area contributed by atoms with Crippen molar-refractivity contribution in [3.63, 3.8) is 0 Å². The summed E-state index contributed by atoms with van der Waals surface area (Å²) in [6.07, 6.45) is 0. The van der Waals surface area contributed by atoms with E-state index in [4.69, 9.17) is 16.7 Å². The molecule has 0 heterocycles. The second kappa shape index (κ2) is 2.93. The van der Waals surface area contributed by atoms with Gasteiger partial charge in [-0.05, 0) is 18.6 Å². The molecule has 1 nitrogen and oxygen atoms in total. The SMILES string of the molecule is [CH2]c1ccc(CCl)c(O)c1. The number of benzene rings is 1. The van der Waals surface area contributed by atoms with Crippen molar-refractivity contribution in [1.29, 1.82) is 0 Å². The number of phenols is 1. The molecule has 0 bridgehead atoms. The highest BCUT2D eigenvalue weighted by Gasteiger charge is 1.97. The molecule has 0 aliphatic rings. The molecule has 1 radical (unpaired) electrons. The Bertz CT molecular complexity index is 233. The first-order valence-electron chi connectivity index (χ1n) is 2.94. The molecule has 0 amide bonds. The molecular weight excluding hydrogens is 148 g/mol. The Morgan fingerprint density at radius 1 is 1.50 bits per heavy atom. The highest BCUT2D eigenvalue weighted by molar-refractivity contribution is 6.17. The van der Waals surface area contributed by atoms with E-state index in [0.717, 1.165) is 11.1 Å². The highest BCUT2D eigenvalue weighted by Crippen LogP contribution is 2.19. The van der Waals surface area contributed by atoms with Crippen LogP contribution in [0.25, 0.3) is 0 Å². The molecule has 0 unspecified atom stereocenters. The van der Waals surface area contributed by atoms with Gasteiger partial charge in [0.15, 0.2) is 0 Å². The van der Waals surface area contributed by atoms with Gasteiger partial charge in [-0.1, -0.05) is 12.1 Å². The molecule has 10 heavy (non-hydrogen) atoms. The lowest BCUT2D eigenvalue weighted by molar-refractivity contribution is 0.470. The van der Waals surface area contributed by atoms with Crippen LogP contribution in [0.1, 0.15) is 11.1 Å². The number of halogens is 1. The maximum atomic E-state index is 9.17. The van der Waals surface area contributed by atoms with E-state index in [-0.39, 0.29) is 5.75 Å². The molecule has 0 spiro atoms. The van der Waals surface area contributed by atoms with Gasteiger partial charge in [-0.15, -0.1) is 11.6 Å². The minimum atomic E-state index is 0.225. The molecule has 1 rings (SSSR count). The van der Waals surface area contributed by atoms with Gasteiger partial charge in [0, 0.05) is 5.56 Å². The average molecular weight is 156 g/mol. The number of rotatable bonds is 1. The lowest BCUT2D eigenvalue weighted by Crippen LogP contribution is -1.79. The van der Waals surface area contributed by atoms with Gasteiger partial charge < -0.3 is 5.11 Å². The second-order valence-corrected chi connectivity index (χ2v) is 2.36. The van der Waals surface area contributed by atoms with Gasteiger partial charge in [-0.2, -0.15) is 0 Å². The normalized spacial score (nSPS) is 9.80. The van der Waals surface area contributed by atoms with E-state index in [2.05, 4.69) is 6.92 Å². The van der Waals surface area contributed by atoms with E-state index in [1.165, 1.54) is 0 Å². The van der Waals surface area contributed by atoms with E-state index >= 15 is 0 Å². The molecule has 0 atom stereocenters. The number of hydrogen-bond acceptors (Lipinski definition) is 1. The number of alkyl halides is 1. The van der Waals surface area contributed by atoms with Gasteiger partial charge in [0.05, 0.1) is 5.88 Å². The monoisotopic (exact) mass is 155 g/mol. The van der Waals surface area contributed by atoms with Crippen LogP contribution in [0.5, 0.6) is 5.75 Å². The fraction of sp³-hybridized carbons (Fsp3) is 0.125. The topological polar surface area (TPSA) is 20.2 Å². The van der Waals surface area contributed by atoms with E-state index in [1.807, 2.05) is 6.07 Å². The third-order valence-electron chi connectivity index (χ3n) is 1.29. The summed E-state index contributed by atoms with van der Waals surface area (Å²) >= 11 is 5.50. The Morgan fingerprint density at radius 3 is 2.70 bits per heavy atom. The van der Waals surface area contributed by atoms with Crippen LogP contribution >= 0.6 is 11.6 Å². The smallest absolute Gasteiger partial charge is 0.120 e. The zero-order valence-corrected chi connectivity index (χ0v) is 6.23. The van der Waals surface area contributed by atoms with Gasteiger partial charge >= 0.3 is 0 Å². The molecule has 1 aromatic carbocycles. The Kier molecular flexibility index (Phi) is 2.17. The van der Waals surface area contributed by atoms with Gasteiger partial charge in [0.25, 0.3) is 0 Å². The summed E-state index contributed by atoms with van der Waals surface area (Å²) in [7, 11) is 0. The summed E-state index contributed by atoms with van der Waals surface area (Å²) < 4.78 is 0. The predicted molar refractivity (Wildman–Crippen MR) is 42.1 cm³/mol. The van der Waals surface area contributed by atoms with Crippen LogP contribution in [0.4, 0.5) is 0 Å². The van der Waals surface area contributed by atoms with Gasteiger partial charge in [-0.3, -0.25) is 0 Å². The Balaban J connectivity index is 3.07. The zero-order valence-electron chi connectivity index (χ0n) is 5.47. The summed E-state index contributed by atoms with van der Waals surface area (Å²) in [5.74, 6) is 0.564. The van der Waals surface area contributed by atoms with Gasteiger partial charge in [0.1, 0.15) is 5.75 Å². The molecule has 0 aliphatic heterocycles. The number of hydrogen-bond donors (Lipinski definition) is 1. The van der Waals surface area contributed by atoms with Gasteiger partial charge in [-0.25, -0.2) is 0 Å². The summed E-state index contributed by atoms with van der Waals surface area (Å²) in [5, 5.41) is 9.17. The van der Waals surface area contributed by atoms with E-state index in [9.17, 15) is 0 Å². The largest absolute Gasteiger partial charge is 0.508 e. The Hall–Kier alpha value is -0.690. The molecular formula is C8H8ClO. The van der Waals surface area contributed by atoms with Crippen LogP contribution < -0.4 is 0 Å². The van der Waals surface area contributed by atoms with Crippen molar-refractivity contribution in [3.05, 3.63) is 36.2 Å². The van der Waals surface area contributed by atoms with Crippen molar-refractivity contribution in [2.75, 3.05) is 0 Å². The second-order valence-electron chi connectivity index (χ2n) is 2.10. The summed E-state index contributed by atoms with van der Waals surface area (Å²) in [4.78, 5) is 0. The summed E-state index contributed by atoms with van der Waals surface area (Å²) in [5.41, 5.74) is 1.54. The van der Waals surface area contributed by atoms with Crippen LogP contribution in [-0.2, 0) is 5.88 Å². The first-order chi connectivity index (χ1) is 4.74. The quantitative estimate of drug-likeness (QED) is 0.618. The maximum Gasteiger partial charge on any atom is 0.120 e. The third kappa shape index (κ3) is 1.42. The van der Waals surface area contributed by atoms with Crippen molar-refractivity contribution in [3.8, 4) is 5.75 Å². The molecule has 53 valence electrons. The van der Waals surface area contributed by atoms with Crippen LogP contribution in [0, 0.1) is 6.92 Å². The average Bonchev–Trinajstić information content (AvgIpc) is 1.88. The van der Waals surface area contributed by atoms with Crippen molar-refractivity contribution in [1.82, 2.24) is 0 Å². The molecule has 2 heteroatoms. The minimum Gasteiger partial charge on any atom is -0.508 e. The summed E-state index contributed by atoms with van der Waals surface area (Å²) in [6.45, 7) is 3.65. The van der Waals surface area contributed by atoms with Crippen LogP contribution in [0.15, 0.2) is 18.2 Å². The summed E-state index contributed by atoms with van der Waals surface area (Å²) in [6, 6.07) is 5.18. The van der Waals surface area contributed by atoms with Crippen molar-refractivity contribution in [2.45, 2.75) is 5.88 Å². The van der Waals surface area contributed by atoms with Crippen molar-refractivity contribution in [2.24, 2.45) is 0 Å². The fourth-order valence-electron chi connectivity index (χ4n) is 0.722. The molecule has 1 N–H and O–H groups in total. The maximum absolute atomic E-state index is 9.17. The number of aromatic hydroxyl groups is 1. The van der Waals surface area contributed by atoms with Crippen LogP contribution in [0.3, 0.4) is 0 Å². The number of phenolic OH excluding ortho intramolecular Hbond substituents is 1. The Morgan fingerprint density at radius 2 is 2.20 bits per heavy atom. The fourth-order valence-corrected chi connectivity index (χ4v) is 0.948. The first-order valence-corrected chi connectivity index (χ1v) is 3.47. The van der Waals surface area contributed by atoms with Crippen molar-refractivity contribution < 1.29 is 5.11 Å². The van der Waals surface area contributed by atoms with E-state index < -0.39 is 0 Å². The van der Waals surface area contributed by atoms with E-state index in [1.54, 1.807) is 12.1 Å². The van der Waals surface area contributed by atoms with Crippen LogP contribution in [-0.4, -0.2) is 5.11 Å². The standard InChI is InChI=1S/C8H8ClO/c1-6-2-3-7(5-9)8(10)4-6/h2-4,10H,1,5H2. The Labute approximate surface area is 65.3 Å². The molecule has 0 fully saturated rings. The molecule has 0 aliphatic carbocycles. The molecule has 1 aromatic rings. The zero-order chi connectivity index (χ0) is 7.56. The first kappa shape index (κ1) is 7.42. The minimum absolute atomic E-state index is 0.225. The third-order valence-corrected chi connectivity index (χ3v) is 1.58.